The Hall–Kier alpha value is -6.92. The molecular weight excluding hydrogens is 814 g/mol. The zero-order valence-corrected chi connectivity index (χ0v) is 31.7. The van der Waals surface area contributed by atoms with E-state index in [0.717, 1.165) is 30.6 Å². The van der Waals surface area contributed by atoms with Crippen molar-refractivity contribution < 1.29 is 55.7 Å². The minimum Gasteiger partial charge on any atom is -0.475 e. The van der Waals surface area contributed by atoms with Crippen LogP contribution in [0.4, 0.5) is 26.3 Å². The van der Waals surface area contributed by atoms with Gasteiger partial charge < -0.3 is 30.0 Å². The molecular formula is C43H34F6N4O8. The number of ketones is 2. The molecule has 0 radical (unpaired) electrons. The number of benzene rings is 4. The smallest absolute Gasteiger partial charge is 0.475 e. The van der Waals surface area contributed by atoms with Crippen LogP contribution in [0.3, 0.4) is 0 Å². The molecule has 0 unspecified atom stereocenters. The maximum absolute atomic E-state index is 13.6. The number of halogens is 6. The van der Waals surface area contributed by atoms with Crippen molar-refractivity contribution in [1.82, 2.24) is 19.8 Å². The van der Waals surface area contributed by atoms with Gasteiger partial charge in [0.1, 0.15) is 0 Å². The van der Waals surface area contributed by atoms with Crippen molar-refractivity contribution in [2.45, 2.75) is 31.9 Å². The Balaban J connectivity index is 0.000000385. The summed E-state index contributed by atoms with van der Waals surface area (Å²) in [6.07, 6.45) is -9.32. The summed E-state index contributed by atoms with van der Waals surface area (Å²) < 4.78 is 67.0. The predicted octanol–water partition coefficient (Wildman–Crippen LogP) is 6.28. The SMILES string of the molecule is O=C(O)C(F)(F)F.O=C(O)C(F)(F)F.O=C1c2ccccc2-c2c1c1ccccc1c(=O)n2CCNCCCNCCn1c2c(c3ccccc3c1=O)C(=O)c1ccccc1-2. The summed E-state index contributed by atoms with van der Waals surface area (Å²) in [6.45, 7) is 3.51. The standard InChI is InChI=1S/C39H32N4O4.2C2HF3O2/c44-36-28-14-5-3-12-26(28)34-32(36)24-10-1-7-16-30(24)38(46)42(34)22-20-40-18-9-19-41-21-23-43-35-27-13-4-6-15-29(27)37(45)33(35)25-11-2-8-17-31(25)39(43)47;2*3-2(4,5)1(6)7/h1-8,10-17,40-41H,9,18-23H2;2*(H,6,7). The Kier molecular flexibility index (Phi) is 12.7. The Morgan fingerprint density at radius 1 is 0.475 bits per heavy atom. The van der Waals surface area contributed by atoms with Crippen LogP contribution < -0.4 is 21.8 Å². The summed E-state index contributed by atoms with van der Waals surface area (Å²) in [4.78, 5) is 71.7. The molecule has 2 aromatic heterocycles. The van der Waals surface area contributed by atoms with E-state index in [2.05, 4.69) is 10.6 Å². The second-order valence-corrected chi connectivity index (χ2v) is 13.7. The van der Waals surface area contributed by atoms with Gasteiger partial charge in [-0.15, -0.1) is 0 Å². The molecule has 12 nitrogen and oxygen atoms in total. The summed E-state index contributed by atoms with van der Waals surface area (Å²) in [5.41, 5.74) is 5.33. The van der Waals surface area contributed by atoms with Crippen LogP contribution in [0, 0.1) is 0 Å². The molecule has 0 atom stereocenters. The van der Waals surface area contributed by atoms with E-state index >= 15 is 0 Å². The van der Waals surface area contributed by atoms with Crippen molar-refractivity contribution in [3.05, 3.63) is 140 Å². The normalized spacial score (nSPS) is 12.5. The lowest BCUT2D eigenvalue weighted by Gasteiger charge is -2.16. The highest BCUT2D eigenvalue weighted by atomic mass is 19.4. The van der Waals surface area contributed by atoms with Crippen molar-refractivity contribution in [2.24, 2.45) is 0 Å². The first kappa shape index (κ1) is 43.7. The molecule has 0 bridgehead atoms. The second kappa shape index (κ2) is 17.7. The molecule has 0 spiro atoms. The van der Waals surface area contributed by atoms with E-state index < -0.39 is 24.3 Å². The number of nitrogens with zero attached hydrogens (tertiary/aromatic N) is 2. The van der Waals surface area contributed by atoms with E-state index in [1.165, 1.54) is 0 Å². The number of hydrogen-bond acceptors (Lipinski definition) is 8. The zero-order chi connectivity index (χ0) is 44.2. The molecule has 2 heterocycles. The Morgan fingerprint density at radius 3 is 1.10 bits per heavy atom. The molecule has 316 valence electrons. The highest BCUT2D eigenvalue weighted by Gasteiger charge is 2.39. The van der Waals surface area contributed by atoms with Crippen LogP contribution in [0.1, 0.15) is 38.3 Å². The maximum Gasteiger partial charge on any atom is 0.490 e. The van der Waals surface area contributed by atoms with Crippen LogP contribution in [-0.4, -0.2) is 81.4 Å². The zero-order valence-electron chi connectivity index (χ0n) is 31.7. The Labute approximate surface area is 340 Å². The number of rotatable bonds is 10. The second-order valence-electron chi connectivity index (χ2n) is 13.7. The molecule has 4 N–H and O–H groups in total. The highest BCUT2D eigenvalue weighted by molar-refractivity contribution is 6.27. The molecule has 61 heavy (non-hydrogen) atoms. The first-order chi connectivity index (χ1) is 28.9. The molecule has 0 saturated heterocycles. The fourth-order valence-corrected chi connectivity index (χ4v) is 7.26. The largest absolute Gasteiger partial charge is 0.490 e. The van der Waals surface area contributed by atoms with Crippen molar-refractivity contribution in [1.29, 1.82) is 0 Å². The van der Waals surface area contributed by atoms with Gasteiger partial charge in [-0.05, 0) is 31.6 Å². The van der Waals surface area contributed by atoms with Gasteiger partial charge in [0.05, 0.1) is 22.5 Å². The third-order valence-electron chi connectivity index (χ3n) is 9.88. The van der Waals surface area contributed by atoms with Crippen molar-refractivity contribution in [3.63, 3.8) is 0 Å². The third-order valence-corrected chi connectivity index (χ3v) is 9.88. The van der Waals surface area contributed by atoms with Crippen LogP contribution in [0.15, 0.2) is 107 Å². The van der Waals surface area contributed by atoms with Gasteiger partial charge in [-0.1, -0.05) is 84.9 Å². The lowest BCUT2D eigenvalue weighted by molar-refractivity contribution is -0.193. The molecule has 0 aliphatic heterocycles. The molecule has 8 rings (SSSR count). The minimum atomic E-state index is -5.08. The van der Waals surface area contributed by atoms with E-state index in [1.807, 2.05) is 84.9 Å². The van der Waals surface area contributed by atoms with E-state index in [-0.39, 0.29) is 22.7 Å². The molecule has 0 amide bonds. The maximum atomic E-state index is 13.6. The number of nitrogens with one attached hydrogen (secondary N) is 2. The van der Waals surface area contributed by atoms with Crippen molar-refractivity contribution in [3.8, 4) is 22.5 Å². The number of fused-ring (bicyclic) bond motifs is 10. The fraction of sp³-hybridized carbons (Fsp3) is 0.209. The minimum absolute atomic E-state index is 0.0358. The highest BCUT2D eigenvalue weighted by Crippen LogP contribution is 2.40. The van der Waals surface area contributed by atoms with Crippen LogP contribution >= 0.6 is 0 Å². The number of carbonyl (C=O) groups excluding carboxylic acids is 2. The summed E-state index contributed by atoms with van der Waals surface area (Å²) in [6, 6.07) is 29.7. The van der Waals surface area contributed by atoms with Crippen LogP contribution in [-0.2, 0) is 22.7 Å². The van der Waals surface area contributed by atoms with Crippen LogP contribution in [0.2, 0.25) is 0 Å². The number of alkyl halides is 6. The van der Waals surface area contributed by atoms with E-state index in [4.69, 9.17) is 19.8 Å². The monoisotopic (exact) mass is 848 g/mol. The van der Waals surface area contributed by atoms with Gasteiger partial charge in [0.2, 0.25) is 0 Å². The third kappa shape index (κ3) is 8.85. The number of pyridine rings is 2. The lowest BCUT2D eigenvalue weighted by Crippen LogP contribution is -2.31. The van der Waals surface area contributed by atoms with Gasteiger partial charge in [0.25, 0.3) is 11.1 Å². The van der Waals surface area contributed by atoms with Gasteiger partial charge in [-0.3, -0.25) is 19.2 Å². The molecule has 2 aliphatic carbocycles. The van der Waals surface area contributed by atoms with Gasteiger partial charge >= 0.3 is 24.3 Å². The van der Waals surface area contributed by atoms with Crippen molar-refractivity contribution in [2.75, 3.05) is 26.2 Å². The van der Waals surface area contributed by atoms with Gasteiger partial charge in [-0.25, -0.2) is 9.59 Å². The first-order valence-electron chi connectivity index (χ1n) is 18.6. The van der Waals surface area contributed by atoms with E-state index in [0.29, 0.717) is 81.4 Å². The van der Waals surface area contributed by atoms with Gasteiger partial charge in [0.15, 0.2) is 11.6 Å². The van der Waals surface area contributed by atoms with Gasteiger partial charge in [-0.2, -0.15) is 26.3 Å². The molecule has 18 heteroatoms. The Bertz CT molecular complexity index is 2640. The lowest BCUT2D eigenvalue weighted by atomic mass is 10.0. The molecule has 2 aliphatic rings. The summed E-state index contributed by atoms with van der Waals surface area (Å²) in [7, 11) is 0. The number of carbonyl (C=O) groups is 4. The Morgan fingerprint density at radius 2 is 0.770 bits per heavy atom. The molecule has 4 aromatic carbocycles. The number of hydrogen-bond donors (Lipinski definition) is 4. The summed E-state index contributed by atoms with van der Waals surface area (Å²) in [5.74, 6) is -5.59. The first-order valence-corrected chi connectivity index (χ1v) is 18.6. The molecule has 0 fully saturated rings. The number of aliphatic carboxylic acids is 2. The number of carboxylic acids is 2. The summed E-state index contributed by atoms with van der Waals surface area (Å²) in [5, 5.41) is 23.7. The van der Waals surface area contributed by atoms with E-state index in [9.17, 15) is 45.5 Å². The topological polar surface area (TPSA) is 177 Å². The average molecular weight is 849 g/mol. The quantitative estimate of drug-likeness (QED) is 0.0906. The summed E-state index contributed by atoms with van der Waals surface area (Å²) >= 11 is 0. The molecule has 6 aromatic rings. The van der Waals surface area contributed by atoms with E-state index in [1.54, 1.807) is 21.3 Å². The predicted molar refractivity (Wildman–Crippen MR) is 212 cm³/mol. The average Bonchev–Trinajstić information content (AvgIpc) is 3.69. The van der Waals surface area contributed by atoms with Crippen molar-refractivity contribution >= 4 is 45.0 Å². The number of carboxylic acid groups (broad SMARTS) is 2. The van der Waals surface area contributed by atoms with Gasteiger partial charge in [0, 0.05) is 70.0 Å². The molecule has 0 saturated carbocycles. The van der Waals surface area contributed by atoms with Crippen LogP contribution in [0.25, 0.3) is 44.1 Å². The number of aromatic nitrogens is 2. The van der Waals surface area contributed by atoms with Crippen LogP contribution in [0.5, 0.6) is 0 Å². The fourth-order valence-electron chi connectivity index (χ4n) is 7.26.